The van der Waals surface area contributed by atoms with Crippen LogP contribution in [0.15, 0.2) is 18.2 Å². The van der Waals surface area contributed by atoms with Crippen molar-refractivity contribution in [1.82, 2.24) is 0 Å². The maximum absolute atomic E-state index is 12.9. The summed E-state index contributed by atoms with van der Waals surface area (Å²) >= 11 is 5.42. The largest absolute Gasteiger partial charge is 0.477 e. The molecular weight excluding hydrogens is 283 g/mol. The van der Waals surface area contributed by atoms with Crippen molar-refractivity contribution in [2.75, 3.05) is 0 Å². The minimum Gasteiger partial charge on any atom is -0.477 e. The van der Waals surface area contributed by atoms with Gasteiger partial charge in [-0.05, 0) is 17.7 Å². The Morgan fingerprint density at radius 2 is 1.78 bits per heavy atom. The van der Waals surface area contributed by atoms with E-state index in [-0.39, 0.29) is 5.56 Å². The van der Waals surface area contributed by atoms with Gasteiger partial charge in [-0.1, -0.05) is 17.7 Å². The first-order valence-corrected chi connectivity index (χ1v) is 4.88. The first kappa shape index (κ1) is 14.7. The summed E-state index contributed by atoms with van der Waals surface area (Å²) in [7, 11) is 0. The fourth-order valence-electron chi connectivity index (χ4n) is 1.18. The summed E-state index contributed by atoms with van der Waals surface area (Å²) < 4.78 is 62.5. The Bertz CT molecular complexity index is 470. The Balaban J connectivity index is 3.04. The minimum atomic E-state index is -4.64. The molecule has 0 bridgehead atoms. The zero-order valence-corrected chi connectivity index (χ0v) is 9.32. The van der Waals surface area contributed by atoms with Crippen LogP contribution < -0.4 is 0 Å². The van der Waals surface area contributed by atoms with E-state index in [0.29, 0.717) is 12.1 Å². The highest BCUT2D eigenvalue weighted by Crippen LogP contribution is 2.33. The van der Waals surface area contributed by atoms with E-state index < -0.39 is 35.1 Å². The summed E-state index contributed by atoms with van der Waals surface area (Å²) in [6.07, 6.45) is -5.91. The Hall–Kier alpha value is -1.37. The molecule has 2 nitrogen and oxygen atoms in total. The molecule has 0 saturated carbocycles. The third-order valence-electron chi connectivity index (χ3n) is 2.11. The van der Waals surface area contributed by atoms with Crippen LogP contribution in [0.1, 0.15) is 11.1 Å². The molecule has 8 heteroatoms. The van der Waals surface area contributed by atoms with Crippen LogP contribution in [0.4, 0.5) is 22.0 Å². The summed E-state index contributed by atoms with van der Waals surface area (Å²) in [4.78, 5) is 10.2. The lowest BCUT2D eigenvalue weighted by Gasteiger charge is -2.13. The molecule has 1 N–H and O–H groups in total. The van der Waals surface area contributed by atoms with Gasteiger partial charge in [-0.15, -0.1) is 0 Å². The molecule has 0 aliphatic heterocycles. The number of carboxylic acids is 1. The monoisotopic (exact) mass is 288 g/mol. The number of rotatable bonds is 3. The van der Waals surface area contributed by atoms with E-state index in [1.165, 1.54) is 0 Å². The highest BCUT2D eigenvalue weighted by Gasteiger charge is 2.40. The molecule has 1 rings (SSSR count). The van der Waals surface area contributed by atoms with Gasteiger partial charge >= 0.3 is 18.1 Å². The Kier molecular flexibility index (Phi) is 3.85. The molecule has 0 atom stereocenters. The predicted octanol–water partition coefficient (Wildman–Crippen LogP) is 3.62. The van der Waals surface area contributed by atoms with E-state index in [0.717, 1.165) is 6.07 Å². The van der Waals surface area contributed by atoms with E-state index in [9.17, 15) is 26.7 Å². The number of alkyl halides is 5. The maximum Gasteiger partial charge on any atom is 0.416 e. The van der Waals surface area contributed by atoms with Gasteiger partial charge in [0.1, 0.15) is 0 Å². The average molecular weight is 289 g/mol. The molecular formula is C10H6ClF5O2. The molecule has 0 spiro atoms. The van der Waals surface area contributed by atoms with Crippen LogP contribution in [0.25, 0.3) is 0 Å². The van der Waals surface area contributed by atoms with Crippen molar-refractivity contribution in [3.8, 4) is 0 Å². The number of aliphatic carboxylic acids is 1. The molecule has 0 unspecified atom stereocenters. The molecule has 0 radical (unpaired) electrons. The van der Waals surface area contributed by atoms with Crippen LogP contribution in [0.3, 0.4) is 0 Å². The molecule has 0 aliphatic carbocycles. The maximum atomic E-state index is 12.9. The lowest BCUT2D eigenvalue weighted by atomic mass is 10.0. The highest BCUT2D eigenvalue weighted by atomic mass is 35.5. The van der Waals surface area contributed by atoms with E-state index in [1.807, 2.05) is 0 Å². The predicted molar refractivity (Wildman–Crippen MR) is 52.7 cm³/mol. The molecule has 0 aliphatic rings. The Morgan fingerprint density at radius 3 is 2.17 bits per heavy atom. The molecule has 0 fully saturated rings. The average Bonchev–Trinajstić information content (AvgIpc) is 2.19. The quantitative estimate of drug-likeness (QED) is 0.863. The first-order chi connectivity index (χ1) is 8.04. The normalized spacial score (nSPS) is 12.6. The number of carbonyl (C=O) groups is 1. The van der Waals surface area contributed by atoms with Crippen molar-refractivity contribution in [1.29, 1.82) is 0 Å². The standard InChI is InChI=1S/C10H6ClF5O2/c11-7-3-6(10(14,15)16)2-1-5(7)4-9(12,13)8(17)18/h1-3H,4H2,(H,17,18). The topological polar surface area (TPSA) is 37.3 Å². The summed E-state index contributed by atoms with van der Waals surface area (Å²) in [5.74, 6) is -6.44. The smallest absolute Gasteiger partial charge is 0.416 e. The molecule has 0 amide bonds. The van der Waals surface area contributed by atoms with E-state index in [2.05, 4.69) is 0 Å². The van der Waals surface area contributed by atoms with Crippen molar-refractivity contribution >= 4 is 17.6 Å². The summed E-state index contributed by atoms with van der Waals surface area (Å²) in [5, 5.41) is 7.65. The minimum absolute atomic E-state index is 0.364. The summed E-state index contributed by atoms with van der Waals surface area (Å²) in [6, 6.07) is 1.79. The lowest BCUT2D eigenvalue weighted by molar-refractivity contribution is -0.164. The summed E-state index contributed by atoms with van der Waals surface area (Å²) in [6.45, 7) is 0. The van der Waals surface area contributed by atoms with Crippen molar-refractivity contribution in [2.24, 2.45) is 0 Å². The molecule has 0 aromatic heterocycles. The van der Waals surface area contributed by atoms with Crippen LogP contribution in [-0.2, 0) is 17.4 Å². The number of carboxylic acid groups (broad SMARTS) is 1. The van der Waals surface area contributed by atoms with Crippen molar-refractivity contribution in [3.05, 3.63) is 34.3 Å². The van der Waals surface area contributed by atoms with Crippen LogP contribution in [-0.4, -0.2) is 17.0 Å². The second kappa shape index (κ2) is 4.72. The zero-order chi connectivity index (χ0) is 14.1. The lowest BCUT2D eigenvalue weighted by Crippen LogP contribution is -2.30. The Labute approximate surface area is 103 Å². The second-order valence-electron chi connectivity index (χ2n) is 3.49. The van der Waals surface area contributed by atoms with Gasteiger partial charge in [-0.2, -0.15) is 22.0 Å². The van der Waals surface area contributed by atoms with Gasteiger partial charge in [0.2, 0.25) is 0 Å². The van der Waals surface area contributed by atoms with Crippen LogP contribution in [0.5, 0.6) is 0 Å². The van der Waals surface area contributed by atoms with Gasteiger partial charge in [-0.3, -0.25) is 0 Å². The highest BCUT2D eigenvalue weighted by molar-refractivity contribution is 6.31. The fraction of sp³-hybridized carbons (Fsp3) is 0.300. The van der Waals surface area contributed by atoms with Crippen LogP contribution in [0, 0.1) is 0 Å². The van der Waals surface area contributed by atoms with Gasteiger partial charge < -0.3 is 5.11 Å². The molecule has 18 heavy (non-hydrogen) atoms. The van der Waals surface area contributed by atoms with Crippen molar-refractivity contribution < 1.29 is 31.9 Å². The molecule has 0 saturated heterocycles. The van der Waals surface area contributed by atoms with Crippen LogP contribution in [0.2, 0.25) is 5.02 Å². The SMILES string of the molecule is O=C(O)C(F)(F)Cc1ccc(C(F)(F)F)cc1Cl. The summed E-state index contributed by atoms with van der Waals surface area (Å²) in [5.41, 5.74) is -1.45. The van der Waals surface area contributed by atoms with Gasteiger partial charge in [0, 0.05) is 11.4 Å². The first-order valence-electron chi connectivity index (χ1n) is 4.51. The van der Waals surface area contributed by atoms with Crippen molar-refractivity contribution in [2.45, 2.75) is 18.5 Å². The van der Waals surface area contributed by atoms with Gasteiger partial charge in [-0.25, -0.2) is 4.79 Å². The number of hydrogen-bond acceptors (Lipinski definition) is 1. The molecule has 1 aromatic carbocycles. The van der Waals surface area contributed by atoms with Gasteiger partial charge in [0.15, 0.2) is 0 Å². The van der Waals surface area contributed by atoms with E-state index in [4.69, 9.17) is 16.7 Å². The fourth-order valence-corrected chi connectivity index (χ4v) is 1.43. The van der Waals surface area contributed by atoms with Gasteiger partial charge in [0.25, 0.3) is 0 Å². The Morgan fingerprint density at radius 1 is 1.22 bits per heavy atom. The number of hydrogen-bond donors (Lipinski definition) is 1. The van der Waals surface area contributed by atoms with Gasteiger partial charge in [0.05, 0.1) is 5.56 Å². The molecule has 1 aromatic rings. The number of halogens is 6. The number of benzene rings is 1. The molecule has 0 heterocycles. The third kappa shape index (κ3) is 3.32. The third-order valence-corrected chi connectivity index (χ3v) is 2.46. The van der Waals surface area contributed by atoms with E-state index >= 15 is 0 Å². The van der Waals surface area contributed by atoms with E-state index in [1.54, 1.807) is 0 Å². The zero-order valence-electron chi connectivity index (χ0n) is 8.56. The second-order valence-corrected chi connectivity index (χ2v) is 3.90. The van der Waals surface area contributed by atoms with Crippen LogP contribution >= 0.6 is 11.6 Å². The van der Waals surface area contributed by atoms with Crippen molar-refractivity contribution in [3.63, 3.8) is 0 Å². The molecule has 100 valence electrons.